The third kappa shape index (κ3) is 2.44. The lowest BCUT2D eigenvalue weighted by atomic mass is 9.99. The van der Waals surface area contributed by atoms with Gasteiger partial charge in [0, 0.05) is 48.8 Å². The molecule has 2 aliphatic heterocycles. The van der Waals surface area contributed by atoms with Crippen molar-refractivity contribution in [2.75, 3.05) is 39.0 Å². The lowest BCUT2D eigenvalue weighted by Gasteiger charge is -2.39. The van der Waals surface area contributed by atoms with Crippen LogP contribution in [0.25, 0.3) is 0 Å². The molecule has 0 radical (unpaired) electrons. The van der Waals surface area contributed by atoms with Crippen molar-refractivity contribution in [3.8, 4) is 0 Å². The standard InChI is InChI=1S/C15H22N2S/c1-12-9-16(2)7-8-17(12)10-13-11-18-15-6-4-3-5-14(13)15/h3-6,12-13H,7-11H2,1-2H3. The fourth-order valence-corrected chi connectivity index (χ4v) is 4.35. The molecule has 1 saturated heterocycles. The molecule has 0 spiro atoms. The van der Waals surface area contributed by atoms with E-state index in [2.05, 4.69) is 48.0 Å². The van der Waals surface area contributed by atoms with Crippen LogP contribution in [0.4, 0.5) is 0 Å². The Bertz CT molecular complexity index is 421. The van der Waals surface area contributed by atoms with Crippen molar-refractivity contribution in [2.45, 2.75) is 23.8 Å². The highest BCUT2D eigenvalue weighted by atomic mass is 32.2. The number of piperazine rings is 1. The number of nitrogens with zero attached hydrogens (tertiary/aromatic N) is 2. The summed E-state index contributed by atoms with van der Waals surface area (Å²) in [5.41, 5.74) is 1.58. The average molecular weight is 262 g/mol. The summed E-state index contributed by atoms with van der Waals surface area (Å²) in [5.74, 6) is 2.00. The molecule has 0 bridgehead atoms. The van der Waals surface area contributed by atoms with Gasteiger partial charge in [0.2, 0.25) is 0 Å². The van der Waals surface area contributed by atoms with Crippen molar-refractivity contribution in [1.29, 1.82) is 0 Å². The van der Waals surface area contributed by atoms with E-state index in [-0.39, 0.29) is 0 Å². The van der Waals surface area contributed by atoms with E-state index in [1.54, 1.807) is 5.56 Å². The third-order valence-corrected chi connectivity index (χ3v) is 5.47. The summed E-state index contributed by atoms with van der Waals surface area (Å²) in [5, 5.41) is 0. The zero-order chi connectivity index (χ0) is 12.5. The van der Waals surface area contributed by atoms with E-state index in [0.717, 1.165) is 5.92 Å². The molecule has 0 aliphatic carbocycles. The minimum absolute atomic E-state index is 0.696. The van der Waals surface area contributed by atoms with Crippen molar-refractivity contribution in [2.24, 2.45) is 0 Å². The van der Waals surface area contributed by atoms with E-state index in [1.807, 2.05) is 11.8 Å². The van der Waals surface area contributed by atoms with Gasteiger partial charge in [-0.05, 0) is 25.6 Å². The Hall–Kier alpha value is -0.510. The molecular formula is C15H22N2S. The Morgan fingerprint density at radius 3 is 2.94 bits per heavy atom. The molecule has 2 nitrogen and oxygen atoms in total. The third-order valence-electron chi connectivity index (χ3n) is 4.22. The molecule has 0 amide bonds. The van der Waals surface area contributed by atoms with Gasteiger partial charge < -0.3 is 4.90 Å². The fourth-order valence-electron chi connectivity index (χ4n) is 3.11. The first-order valence-corrected chi connectivity index (χ1v) is 7.87. The number of benzene rings is 1. The van der Waals surface area contributed by atoms with Crippen molar-refractivity contribution < 1.29 is 0 Å². The summed E-state index contributed by atoms with van der Waals surface area (Å²) in [6.45, 7) is 7.25. The highest BCUT2D eigenvalue weighted by Gasteiger charge is 2.28. The van der Waals surface area contributed by atoms with E-state index in [4.69, 9.17) is 0 Å². The van der Waals surface area contributed by atoms with Gasteiger partial charge >= 0.3 is 0 Å². The van der Waals surface area contributed by atoms with Crippen LogP contribution in [0, 0.1) is 0 Å². The van der Waals surface area contributed by atoms with Crippen molar-refractivity contribution in [1.82, 2.24) is 9.80 Å². The minimum Gasteiger partial charge on any atom is -0.304 e. The zero-order valence-corrected chi connectivity index (χ0v) is 12.1. The molecular weight excluding hydrogens is 240 g/mol. The summed E-state index contributed by atoms with van der Waals surface area (Å²) in [7, 11) is 2.23. The van der Waals surface area contributed by atoms with Crippen molar-refractivity contribution in [3.63, 3.8) is 0 Å². The molecule has 2 atom stereocenters. The second kappa shape index (κ2) is 5.24. The molecule has 0 N–H and O–H groups in total. The number of likely N-dealkylation sites (N-methyl/N-ethyl adjacent to an activating group) is 1. The zero-order valence-electron chi connectivity index (χ0n) is 11.3. The van der Waals surface area contributed by atoms with E-state index in [1.165, 1.54) is 36.8 Å². The number of rotatable bonds is 2. The Morgan fingerprint density at radius 1 is 1.28 bits per heavy atom. The predicted octanol–water partition coefficient (Wildman–Crippen LogP) is 2.51. The minimum atomic E-state index is 0.696. The molecule has 1 fully saturated rings. The van der Waals surface area contributed by atoms with Gasteiger partial charge in [0.1, 0.15) is 0 Å². The lowest BCUT2D eigenvalue weighted by molar-refractivity contribution is 0.0961. The van der Waals surface area contributed by atoms with Crippen LogP contribution in [0.5, 0.6) is 0 Å². The topological polar surface area (TPSA) is 6.48 Å². The maximum Gasteiger partial charge on any atom is 0.0195 e. The van der Waals surface area contributed by atoms with Gasteiger partial charge in [-0.3, -0.25) is 4.90 Å². The molecule has 0 aromatic heterocycles. The van der Waals surface area contributed by atoms with Crippen LogP contribution >= 0.6 is 11.8 Å². The predicted molar refractivity (Wildman–Crippen MR) is 78.4 cm³/mol. The van der Waals surface area contributed by atoms with Gasteiger partial charge in [0.25, 0.3) is 0 Å². The van der Waals surface area contributed by atoms with Gasteiger partial charge in [-0.2, -0.15) is 0 Å². The second-order valence-electron chi connectivity index (χ2n) is 5.65. The molecule has 98 valence electrons. The van der Waals surface area contributed by atoms with Crippen LogP contribution in [0.15, 0.2) is 29.2 Å². The quantitative estimate of drug-likeness (QED) is 0.808. The average Bonchev–Trinajstić information content (AvgIpc) is 2.76. The molecule has 18 heavy (non-hydrogen) atoms. The van der Waals surface area contributed by atoms with Crippen LogP contribution < -0.4 is 0 Å². The van der Waals surface area contributed by atoms with E-state index in [0.29, 0.717) is 6.04 Å². The monoisotopic (exact) mass is 262 g/mol. The summed E-state index contributed by atoms with van der Waals surface area (Å²) >= 11 is 2.03. The Balaban J connectivity index is 1.68. The molecule has 2 unspecified atom stereocenters. The maximum atomic E-state index is 2.67. The van der Waals surface area contributed by atoms with Crippen molar-refractivity contribution >= 4 is 11.8 Å². The van der Waals surface area contributed by atoms with Crippen molar-refractivity contribution in [3.05, 3.63) is 29.8 Å². The fraction of sp³-hybridized carbons (Fsp3) is 0.600. The first kappa shape index (κ1) is 12.5. The Labute approximate surface area is 114 Å². The molecule has 3 rings (SSSR count). The van der Waals surface area contributed by atoms with Crippen LogP contribution in [-0.2, 0) is 0 Å². The Morgan fingerprint density at radius 2 is 2.11 bits per heavy atom. The highest BCUT2D eigenvalue weighted by molar-refractivity contribution is 7.99. The molecule has 3 heteroatoms. The van der Waals surface area contributed by atoms with E-state index >= 15 is 0 Å². The number of hydrogen-bond acceptors (Lipinski definition) is 3. The lowest BCUT2D eigenvalue weighted by Crippen LogP contribution is -2.51. The van der Waals surface area contributed by atoms with Gasteiger partial charge in [-0.1, -0.05) is 18.2 Å². The van der Waals surface area contributed by atoms with E-state index < -0.39 is 0 Å². The number of hydrogen-bond donors (Lipinski definition) is 0. The number of fused-ring (bicyclic) bond motifs is 1. The SMILES string of the molecule is CC1CN(C)CCN1CC1CSc2ccccc21. The molecule has 2 heterocycles. The molecule has 0 saturated carbocycles. The van der Waals surface area contributed by atoms with Crippen LogP contribution in [0.2, 0.25) is 0 Å². The first-order chi connectivity index (χ1) is 8.74. The largest absolute Gasteiger partial charge is 0.304 e. The Kier molecular flexibility index (Phi) is 3.64. The molecule has 2 aliphatic rings. The van der Waals surface area contributed by atoms with Gasteiger partial charge in [-0.25, -0.2) is 0 Å². The smallest absolute Gasteiger partial charge is 0.0195 e. The van der Waals surface area contributed by atoms with Crippen LogP contribution in [0.3, 0.4) is 0 Å². The van der Waals surface area contributed by atoms with Crippen LogP contribution in [0.1, 0.15) is 18.4 Å². The van der Waals surface area contributed by atoms with E-state index in [9.17, 15) is 0 Å². The summed E-state index contributed by atoms with van der Waals surface area (Å²) < 4.78 is 0. The van der Waals surface area contributed by atoms with Gasteiger partial charge in [0.05, 0.1) is 0 Å². The molecule has 1 aromatic rings. The van der Waals surface area contributed by atoms with Gasteiger partial charge in [0.15, 0.2) is 0 Å². The molecule has 1 aromatic carbocycles. The van der Waals surface area contributed by atoms with Gasteiger partial charge in [-0.15, -0.1) is 11.8 Å². The number of thioether (sulfide) groups is 1. The normalized spacial score (nSPS) is 29.4. The first-order valence-electron chi connectivity index (χ1n) is 6.88. The summed E-state index contributed by atoms with van der Waals surface area (Å²) in [6, 6.07) is 9.63. The highest BCUT2D eigenvalue weighted by Crippen LogP contribution is 2.39. The maximum absolute atomic E-state index is 2.67. The summed E-state index contributed by atoms with van der Waals surface area (Å²) in [6.07, 6.45) is 0. The summed E-state index contributed by atoms with van der Waals surface area (Å²) in [4.78, 5) is 6.62. The second-order valence-corrected chi connectivity index (χ2v) is 6.71. The van der Waals surface area contributed by atoms with Crippen LogP contribution in [-0.4, -0.2) is 54.8 Å².